The monoisotopic (exact) mass is 371 g/mol. The highest BCUT2D eigenvalue weighted by molar-refractivity contribution is 5.75. The van der Waals surface area contributed by atoms with Crippen LogP contribution in [0.1, 0.15) is 24.2 Å². The second-order valence-corrected chi connectivity index (χ2v) is 7.20. The van der Waals surface area contributed by atoms with Gasteiger partial charge in [-0.2, -0.15) is 0 Å². The second kappa shape index (κ2) is 6.73. The zero-order valence-electron chi connectivity index (χ0n) is 15.4. The van der Waals surface area contributed by atoms with E-state index in [-0.39, 0.29) is 11.4 Å². The van der Waals surface area contributed by atoms with Crippen molar-refractivity contribution < 1.29 is 4.74 Å². The van der Waals surface area contributed by atoms with E-state index >= 15 is 0 Å². The van der Waals surface area contributed by atoms with Crippen molar-refractivity contribution in [3.05, 3.63) is 72.3 Å². The lowest BCUT2D eigenvalue weighted by Crippen LogP contribution is -2.36. The number of rotatable bonds is 3. The number of aromatic amines is 1. The van der Waals surface area contributed by atoms with Crippen molar-refractivity contribution >= 4 is 17.0 Å². The molecule has 0 unspecified atom stereocenters. The highest BCUT2D eigenvalue weighted by atomic mass is 16.5. The Kier molecular flexibility index (Phi) is 4.06. The molecule has 140 valence electrons. The van der Waals surface area contributed by atoms with Gasteiger partial charge in [-0.1, -0.05) is 36.4 Å². The topological polar surface area (TPSA) is 89.7 Å². The fourth-order valence-corrected chi connectivity index (χ4v) is 4.03. The molecule has 1 aliphatic rings. The summed E-state index contributed by atoms with van der Waals surface area (Å²) in [5.74, 6) is 1.30. The van der Waals surface area contributed by atoms with Crippen molar-refractivity contribution in [3.63, 3.8) is 0 Å². The number of hydrogen-bond acceptors (Lipinski definition) is 5. The molecule has 5 rings (SSSR count). The van der Waals surface area contributed by atoms with Gasteiger partial charge in [-0.05, 0) is 36.1 Å². The summed E-state index contributed by atoms with van der Waals surface area (Å²) in [6, 6.07) is 16.8. The van der Waals surface area contributed by atoms with Crippen LogP contribution in [0.15, 0.2) is 60.9 Å². The molecule has 0 aliphatic carbocycles. The van der Waals surface area contributed by atoms with E-state index in [9.17, 15) is 0 Å². The molecule has 0 amide bonds. The molecule has 4 aromatic rings. The number of aromatic nitrogens is 4. The van der Waals surface area contributed by atoms with Crippen LogP contribution in [0.2, 0.25) is 0 Å². The van der Waals surface area contributed by atoms with E-state index in [1.165, 1.54) is 5.56 Å². The van der Waals surface area contributed by atoms with Gasteiger partial charge in [0.25, 0.3) is 0 Å². The van der Waals surface area contributed by atoms with Crippen LogP contribution in [0.25, 0.3) is 22.2 Å². The number of hydrogen-bond donors (Lipinski definition) is 2. The Bertz CT molecular complexity index is 1060. The van der Waals surface area contributed by atoms with Gasteiger partial charge in [0.05, 0.1) is 16.4 Å². The van der Waals surface area contributed by atoms with Crippen molar-refractivity contribution in [3.8, 4) is 11.1 Å². The van der Waals surface area contributed by atoms with E-state index in [1.54, 1.807) is 12.4 Å². The molecule has 1 fully saturated rings. The number of nitrogens with one attached hydrogen (secondary N) is 1. The standard InChI is InChI=1S/C22H21N5O/c23-21-24-13-16(14-25-21)15-5-7-17(8-6-15)22(9-11-28-12-10-22)20-26-18-3-1-2-4-19(18)27-20/h1-8,13-14H,9-12H2,(H,26,27)(H2,23,24,25). The molecular weight excluding hydrogens is 350 g/mol. The maximum atomic E-state index is 5.68. The number of H-pyrrole nitrogens is 1. The minimum atomic E-state index is -0.173. The molecule has 0 spiro atoms. The predicted octanol–water partition coefficient (Wildman–Crippen LogP) is 3.70. The third-order valence-corrected chi connectivity index (χ3v) is 5.63. The summed E-state index contributed by atoms with van der Waals surface area (Å²) >= 11 is 0. The van der Waals surface area contributed by atoms with Gasteiger partial charge in [-0.15, -0.1) is 0 Å². The van der Waals surface area contributed by atoms with Crippen LogP contribution in [-0.4, -0.2) is 33.1 Å². The van der Waals surface area contributed by atoms with E-state index in [2.05, 4.69) is 45.3 Å². The van der Waals surface area contributed by atoms with Crippen LogP contribution in [-0.2, 0) is 10.2 Å². The average Bonchev–Trinajstić information content (AvgIpc) is 3.20. The molecule has 28 heavy (non-hydrogen) atoms. The van der Waals surface area contributed by atoms with E-state index in [4.69, 9.17) is 15.5 Å². The molecule has 1 saturated heterocycles. The molecule has 0 atom stereocenters. The van der Waals surface area contributed by atoms with E-state index in [1.807, 2.05) is 18.2 Å². The summed E-state index contributed by atoms with van der Waals surface area (Å²) in [6.45, 7) is 1.45. The third kappa shape index (κ3) is 2.82. The lowest BCUT2D eigenvalue weighted by Gasteiger charge is -2.36. The molecule has 0 saturated carbocycles. The van der Waals surface area contributed by atoms with Crippen LogP contribution in [0.5, 0.6) is 0 Å². The van der Waals surface area contributed by atoms with Gasteiger partial charge < -0.3 is 15.5 Å². The van der Waals surface area contributed by atoms with Gasteiger partial charge in [0.15, 0.2) is 0 Å². The number of imidazole rings is 1. The lowest BCUT2D eigenvalue weighted by molar-refractivity contribution is 0.0608. The van der Waals surface area contributed by atoms with Crippen molar-refractivity contribution in [2.45, 2.75) is 18.3 Å². The quantitative estimate of drug-likeness (QED) is 0.573. The number of para-hydroxylation sites is 2. The van der Waals surface area contributed by atoms with Crippen LogP contribution < -0.4 is 5.73 Å². The molecule has 3 N–H and O–H groups in total. The molecule has 6 heteroatoms. The Hall–Kier alpha value is -3.25. The van der Waals surface area contributed by atoms with Gasteiger partial charge in [0.1, 0.15) is 5.82 Å². The first-order chi connectivity index (χ1) is 13.7. The predicted molar refractivity (Wildman–Crippen MR) is 109 cm³/mol. The summed E-state index contributed by atoms with van der Waals surface area (Å²) in [5.41, 5.74) is 10.8. The highest BCUT2D eigenvalue weighted by Gasteiger charge is 2.39. The zero-order valence-corrected chi connectivity index (χ0v) is 15.4. The van der Waals surface area contributed by atoms with Crippen molar-refractivity contribution in [1.82, 2.24) is 19.9 Å². The summed E-state index contributed by atoms with van der Waals surface area (Å²) in [6.07, 6.45) is 5.30. The molecule has 6 nitrogen and oxygen atoms in total. The Morgan fingerprint density at radius 1 is 0.893 bits per heavy atom. The molecular formula is C22H21N5O. The van der Waals surface area contributed by atoms with Gasteiger partial charge >= 0.3 is 0 Å². The minimum absolute atomic E-state index is 0.173. The number of nitrogen functional groups attached to an aromatic ring is 1. The average molecular weight is 371 g/mol. The molecule has 3 heterocycles. The van der Waals surface area contributed by atoms with Gasteiger partial charge in [0.2, 0.25) is 5.95 Å². The minimum Gasteiger partial charge on any atom is -0.381 e. The fourth-order valence-electron chi connectivity index (χ4n) is 4.03. The summed E-state index contributed by atoms with van der Waals surface area (Å²) in [7, 11) is 0. The number of fused-ring (bicyclic) bond motifs is 1. The summed E-state index contributed by atoms with van der Waals surface area (Å²) in [5, 5.41) is 0. The third-order valence-electron chi connectivity index (χ3n) is 5.63. The number of anilines is 1. The smallest absolute Gasteiger partial charge is 0.219 e. The summed E-state index contributed by atoms with van der Waals surface area (Å²) in [4.78, 5) is 16.7. The van der Waals surface area contributed by atoms with Crippen LogP contribution >= 0.6 is 0 Å². The number of ether oxygens (including phenoxy) is 1. The van der Waals surface area contributed by atoms with Gasteiger partial charge in [-0.25, -0.2) is 15.0 Å². The molecule has 1 aliphatic heterocycles. The zero-order chi connectivity index (χ0) is 19.0. The Morgan fingerprint density at radius 2 is 1.61 bits per heavy atom. The normalized spacial score (nSPS) is 16.3. The van der Waals surface area contributed by atoms with Crippen LogP contribution in [0.4, 0.5) is 5.95 Å². The number of benzene rings is 2. The largest absolute Gasteiger partial charge is 0.381 e. The Balaban J connectivity index is 1.57. The lowest BCUT2D eigenvalue weighted by atomic mass is 9.73. The SMILES string of the molecule is Nc1ncc(-c2ccc(C3(c4nc5ccccc5[nH]4)CCOCC3)cc2)cn1. The summed E-state index contributed by atoms with van der Waals surface area (Å²) < 4.78 is 5.68. The molecule has 2 aromatic heterocycles. The first-order valence-electron chi connectivity index (χ1n) is 9.46. The van der Waals surface area contributed by atoms with E-state index < -0.39 is 0 Å². The maximum absolute atomic E-state index is 5.68. The van der Waals surface area contributed by atoms with E-state index in [0.717, 1.165) is 54.0 Å². The molecule has 2 aromatic carbocycles. The highest BCUT2D eigenvalue weighted by Crippen LogP contribution is 2.41. The van der Waals surface area contributed by atoms with Crippen molar-refractivity contribution in [2.75, 3.05) is 18.9 Å². The first kappa shape index (κ1) is 16.9. The Morgan fingerprint density at radius 3 is 2.32 bits per heavy atom. The van der Waals surface area contributed by atoms with Crippen LogP contribution in [0, 0.1) is 0 Å². The van der Waals surface area contributed by atoms with Crippen LogP contribution in [0.3, 0.4) is 0 Å². The van der Waals surface area contributed by atoms with Crippen molar-refractivity contribution in [1.29, 1.82) is 0 Å². The Labute approximate surface area is 162 Å². The van der Waals surface area contributed by atoms with Gasteiger partial charge in [-0.3, -0.25) is 0 Å². The number of nitrogens with two attached hydrogens (primary N) is 1. The second-order valence-electron chi connectivity index (χ2n) is 7.20. The first-order valence-corrected chi connectivity index (χ1v) is 9.46. The van der Waals surface area contributed by atoms with Gasteiger partial charge in [0, 0.05) is 31.2 Å². The molecule has 0 radical (unpaired) electrons. The molecule has 0 bridgehead atoms. The fraction of sp³-hybridized carbons (Fsp3) is 0.227. The van der Waals surface area contributed by atoms with E-state index in [0.29, 0.717) is 0 Å². The van der Waals surface area contributed by atoms with Crippen molar-refractivity contribution in [2.24, 2.45) is 0 Å². The maximum Gasteiger partial charge on any atom is 0.219 e. The number of nitrogens with zero attached hydrogens (tertiary/aromatic N) is 3.